The van der Waals surface area contributed by atoms with Crippen molar-refractivity contribution in [1.29, 1.82) is 0 Å². The average molecular weight is 217 g/mol. The normalized spacial score (nSPS) is 35.6. The van der Waals surface area contributed by atoms with E-state index in [1.165, 1.54) is 45.4 Å². The number of hydrogen-bond donors (Lipinski definition) is 0. The second-order valence-corrected chi connectivity index (χ2v) is 5.17. The Balaban J connectivity index is 1.79. The summed E-state index contributed by atoms with van der Waals surface area (Å²) in [6.07, 6.45) is 4.04. The summed E-state index contributed by atoms with van der Waals surface area (Å²) in [5.74, 6) is 1.71. The van der Waals surface area contributed by atoms with Crippen LogP contribution >= 0.6 is 11.6 Å². The summed E-state index contributed by atoms with van der Waals surface area (Å²) in [6, 6.07) is 0.669. The molecule has 0 spiro atoms. The number of alkyl halides is 1. The van der Waals surface area contributed by atoms with Gasteiger partial charge in [-0.25, -0.2) is 0 Å². The molecule has 0 aromatic carbocycles. The van der Waals surface area contributed by atoms with E-state index < -0.39 is 0 Å². The number of halogens is 1. The summed E-state index contributed by atoms with van der Waals surface area (Å²) in [7, 11) is 2.23. The molecule has 14 heavy (non-hydrogen) atoms. The Bertz CT molecular complexity index is 186. The van der Waals surface area contributed by atoms with Gasteiger partial charge in [-0.2, -0.15) is 0 Å². The molecule has 0 saturated carbocycles. The van der Waals surface area contributed by atoms with Crippen molar-refractivity contribution in [3.05, 3.63) is 0 Å². The fourth-order valence-electron chi connectivity index (χ4n) is 2.82. The number of hydrogen-bond acceptors (Lipinski definition) is 2. The van der Waals surface area contributed by atoms with Gasteiger partial charge in [-0.1, -0.05) is 0 Å². The van der Waals surface area contributed by atoms with E-state index in [0.29, 0.717) is 6.04 Å². The van der Waals surface area contributed by atoms with Crippen LogP contribution in [0.15, 0.2) is 0 Å². The van der Waals surface area contributed by atoms with Crippen molar-refractivity contribution in [3.8, 4) is 0 Å². The van der Waals surface area contributed by atoms with Crippen molar-refractivity contribution >= 4 is 11.6 Å². The van der Waals surface area contributed by atoms with E-state index in [4.69, 9.17) is 11.6 Å². The smallest absolute Gasteiger partial charge is 0.0379 e. The minimum atomic E-state index is 0.669. The van der Waals surface area contributed by atoms with Gasteiger partial charge in [0.1, 0.15) is 0 Å². The van der Waals surface area contributed by atoms with Gasteiger partial charge in [-0.15, -0.1) is 11.6 Å². The highest BCUT2D eigenvalue weighted by molar-refractivity contribution is 6.18. The first kappa shape index (κ1) is 10.7. The summed E-state index contributed by atoms with van der Waals surface area (Å²) >= 11 is 5.96. The van der Waals surface area contributed by atoms with Crippen LogP contribution < -0.4 is 0 Å². The standard InChI is InChI=1S/C11H21ClN2/c1-13-6-4-10(8-13)9-14-5-2-3-11(14)7-12/h10-11H,2-9H2,1H3/t10?,11-/m0/s1. The monoisotopic (exact) mass is 216 g/mol. The van der Waals surface area contributed by atoms with Crippen LogP contribution in [-0.4, -0.2) is 54.9 Å². The molecule has 2 heterocycles. The molecule has 2 saturated heterocycles. The second-order valence-electron chi connectivity index (χ2n) is 4.86. The van der Waals surface area contributed by atoms with E-state index in [-0.39, 0.29) is 0 Å². The molecule has 0 aromatic rings. The van der Waals surface area contributed by atoms with Crippen LogP contribution in [0.1, 0.15) is 19.3 Å². The maximum atomic E-state index is 5.96. The lowest BCUT2D eigenvalue weighted by molar-refractivity contribution is 0.227. The molecule has 0 bridgehead atoms. The molecule has 3 heteroatoms. The molecule has 2 aliphatic heterocycles. The van der Waals surface area contributed by atoms with Gasteiger partial charge in [-0.05, 0) is 45.3 Å². The van der Waals surface area contributed by atoms with E-state index in [1.54, 1.807) is 0 Å². The summed E-state index contributed by atoms with van der Waals surface area (Å²) in [5.41, 5.74) is 0. The van der Waals surface area contributed by atoms with Gasteiger partial charge in [0.2, 0.25) is 0 Å². The molecule has 2 nitrogen and oxygen atoms in total. The van der Waals surface area contributed by atoms with Gasteiger partial charge in [0.25, 0.3) is 0 Å². The first-order valence-corrected chi connectivity index (χ1v) is 6.31. The van der Waals surface area contributed by atoms with Crippen molar-refractivity contribution in [3.63, 3.8) is 0 Å². The Labute approximate surface area is 92.2 Å². The van der Waals surface area contributed by atoms with Crippen LogP contribution in [-0.2, 0) is 0 Å². The maximum absolute atomic E-state index is 5.96. The molecular weight excluding hydrogens is 196 g/mol. The lowest BCUT2D eigenvalue weighted by Crippen LogP contribution is -2.35. The molecule has 0 aliphatic carbocycles. The van der Waals surface area contributed by atoms with Gasteiger partial charge in [0, 0.05) is 25.0 Å². The van der Waals surface area contributed by atoms with Gasteiger partial charge in [0.05, 0.1) is 0 Å². The van der Waals surface area contributed by atoms with Crippen molar-refractivity contribution in [2.45, 2.75) is 25.3 Å². The van der Waals surface area contributed by atoms with E-state index in [2.05, 4.69) is 16.8 Å². The van der Waals surface area contributed by atoms with Crippen molar-refractivity contribution < 1.29 is 0 Å². The van der Waals surface area contributed by atoms with Crippen LogP contribution in [0.2, 0.25) is 0 Å². The Hall–Kier alpha value is 0.210. The highest BCUT2D eigenvalue weighted by Gasteiger charge is 2.28. The van der Waals surface area contributed by atoms with Gasteiger partial charge in [-0.3, -0.25) is 4.90 Å². The summed E-state index contributed by atoms with van der Waals surface area (Å²) in [5, 5.41) is 0. The maximum Gasteiger partial charge on any atom is 0.0379 e. The molecule has 2 fully saturated rings. The van der Waals surface area contributed by atoms with Crippen LogP contribution in [0.3, 0.4) is 0 Å². The number of nitrogens with zero attached hydrogens (tertiary/aromatic N) is 2. The zero-order valence-electron chi connectivity index (χ0n) is 9.08. The summed E-state index contributed by atoms with van der Waals surface area (Å²) < 4.78 is 0. The quantitative estimate of drug-likeness (QED) is 0.662. The lowest BCUT2D eigenvalue weighted by Gasteiger charge is -2.25. The SMILES string of the molecule is CN1CCC(CN2CCC[C@H]2CCl)C1. The van der Waals surface area contributed by atoms with Crippen LogP contribution in [0.25, 0.3) is 0 Å². The van der Waals surface area contributed by atoms with Crippen LogP contribution in [0, 0.1) is 5.92 Å². The number of likely N-dealkylation sites (tertiary alicyclic amines) is 2. The zero-order chi connectivity index (χ0) is 9.97. The average Bonchev–Trinajstić information content (AvgIpc) is 2.76. The molecule has 82 valence electrons. The van der Waals surface area contributed by atoms with Crippen LogP contribution in [0.5, 0.6) is 0 Å². The van der Waals surface area contributed by atoms with E-state index in [0.717, 1.165) is 11.8 Å². The van der Waals surface area contributed by atoms with Crippen molar-refractivity contribution in [2.24, 2.45) is 5.92 Å². The molecule has 1 unspecified atom stereocenters. The first-order valence-electron chi connectivity index (χ1n) is 5.78. The molecule has 0 N–H and O–H groups in total. The van der Waals surface area contributed by atoms with E-state index in [1.807, 2.05) is 0 Å². The predicted octanol–water partition coefficient (Wildman–Crippen LogP) is 1.64. The highest BCUT2D eigenvalue weighted by Crippen LogP contribution is 2.23. The third-order valence-electron chi connectivity index (χ3n) is 3.66. The first-order chi connectivity index (χ1) is 6.79. The fourth-order valence-corrected chi connectivity index (χ4v) is 3.17. The molecule has 2 atom stereocenters. The van der Waals surface area contributed by atoms with E-state index in [9.17, 15) is 0 Å². The third-order valence-corrected chi connectivity index (χ3v) is 4.02. The predicted molar refractivity (Wildman–Crippen MR) is 60.9 cm³/mol. The summed E-state index contributed by atoms with van der Waals surface area (Å²) in [4.78, 5) is 5.05. The molecule has 0 aromatic heterocycles. The zero-order valence-corrected chi connectivity index (χ0v) is 9.84. The fraction of sp³-hybridized carbons (Fsp3) is 1.00. The molecule has 0 radical (unpaired) electrons. The minimum absolute atomic E-state index is 0.669. The topological polar surface area (TPSA) is 6.48 Å². The largest absolute Gasteiger partial charge is 0.306 e. The Kier molecular flexibility index (Phi) is 3.69. The molecular formula is C11H21ClN2. The lowest BCUT2D eigenvalue weighted by atomic mass is 10.1. The van der Waals surface area contributed by atoms with Crippen LogP contribution in [0.4, 0.5) is 0 Å². The van der Waals surface area contributed by atoms with Gasteiger partial charge < -0.3 is 4.90 Å². The van der Waals surface area contributed by atoms with E-state index >= 15 is 0 Å². The van der Waals surface area contributed by atoms with Gasteiger partial charge in [0.15, 0.2) is 0 Å². The molecule has 2 rings (SSSR count). The Morgan fingerprint density at radius 1 is 1.29 bits per heavy atom. The number of rotatable bonds is 3. The third kappa shape index (κ3) is 2.41. The van der Waals surface area contributed by atoms with Crippen molar-refractivity contribution in [1.82, 2.24) is 9.80 Å². The Morgan fingerprint density at radius 2 is 2.14 bits per heavy atom. The summed E-state index contributed by atoms with van der Waals surface area (Å²) in [6.45, 7) is 5.12. The highest BCUT2D eigenvalue weighted by atomic mass is 35.5. The van der Waals surface area contributed by atoms with Gasteiger partial charge >= 0.3 is 0 Å². The molecule has 0 amide bonds. The molecule has 2 aliphatic rings. The van der Waals surface area contributed by atoms with Crippen molar-refractivity contribution in [2.75, 3.05) is 39.1 Å². The minimum Gasteiger partial charge on any atom is -0.306 e. The Morgan fingerprint density at radius 3 is 2.79 bits per heavy atom. The second kappa shape index (κ2) is 4.82.